The first kappa shape index (κ1) is 12.6. The van der Waals surface area contributed by atoms with E-state index in [1.165, 1.54) is 0 Å². The Balaban J connectivity index is 2.31. The molecular formula is C13H16BrNO2. The second kappa shape index (κ2) is 4.42. The maximum atomic E-state index is 11.9. The summed E-state index contributed by atoms with van der Waals surface area (Å²) in [5, 5.41) is 0. The largest absolute Gasteiger partial charge is 0.493 e. The van der Waals surface area contributed by atoms with Gasteiger partial charge in [0.15, 0.2) is 5.78 Å². The average molecular weight is 298 g/mol. The molecule has 0 spiro atoms. The second-order valence-electron chi connectivity index (χ2n) is 4.97. The van der Waals surface area contributed by atoms with E-state index in [2.05, 4.69) is 15.9 Å². The summed E-state index contributed by atoms with van der Waals surface area (Å²) in [6.45, 7) is 4.15. The fourth-order valence-corrected chi connectivity index (χ4v) is 2.43. The molecule has 1 aliphatic heterocycles. The zero-order chi connectivity index (χ0) is 12.6. The highest BCUT2D eigenvalue weighted by molar-refractivity contribution is 9.10. The van der Waals surface area contributed by atoms with Crippen molar-refractivity contribution in [2.75, 3.05) is 6.61 Å². The van der Waals surface area contributed by atoms with Crippen molar-refractivity contribution in [3.8, 4) is 5.75 Å². The molecule has 0 amide bonds. The highest BCUT2D eigenvalue weighted by Gasteiger charge is 2.25. The molecular weight excluding hydrogens is 282 g/mol. The number of rotatable bonds is 3. The maximum absolute atomic E-state index is 11.9. The van der Waals surface area contributed by atoms with Gasteiger partial charge < -0.3 is 10.5 Å². The highest BCUT2D eigenvalue weighted by atomic mass is 79.9. The summed E-state index contributed by atoms with van der Waals surface area (Å²) >= 11 is 3.46. The van der Waals surface area contributed by atoms with Crippen LogP contribution in [0.15, 0.2) is 16.6 Å². The van der Waals surface area contributed by atoms with Crippen LogP contribution in [0.1, 0.15) is 25.0 Å². The molecule has 1 heterocycles. The molecule has 0 unspecified atom stereocenters. The zero-order valence-electron chi connectivity index (χ0n) is 10.0. The third kappa shape index (κ3) is 2.69. The minimum atomic E-state index is -0.798. The number of nitrogens with two attached hydrogens (primary N) is 1. The molecule has 0 fully saturated rings. The van der Waals surface area contributed by atoms with E-state index in [-0.39, 0.29) is 5.78 Å². The predicted octanol–water partition coefficient (Wildman–Crippen LogP) is 2.23. The Morgan fingerprint density at radius 2 is 2.24 bits per heavy atom. The number of fused-ring (bicyclic) bond motifs is 1. The molecule has 0 aliphatic carbocycles. The number of hydrogen-bond acceptors (Lipinski definition) is 3. The molecule has 2 N–H and O–H groups in total. The van der Waals surface area contributed by atoms with Gasteiger partial charge in [-0.25, -0.2) is 0 Å². The average Bonchev–Trinajstić information content (AvgIpc) is 2.63. The smallest absolute Gasteiger partial charge is 0.156 e. The van der Waals surface area contributed by atoms with E-state index in [4.69, 9.17) is 10.5 Å². The fourth-order valence-electron chi connectivity index (χ4n) is 1.88. The topological polar surface area (TPSA) is 52.3 Å². The van der Waals surface area contributed by atoms with Crippen molar-refractivity contribution in [1.82, 2.24) is 0 Å². The van der Waals surface area contributed by atoms with Crippen molar-refractivity contribution >= 4 is 21.7 Å². The number of ether oxygens (including phenoxy) is 1. The van der Waals surface area contributed by atoms with E-state index in [0.29, 0.717) is 13.0 Å². The van der Waals surface area contributed by atoms with Gasteiger partial charge in [0.05, 0.1) is 12.1 Å². The lowest BCUT2D eigenvalue weighted by Crippen LogP contribution is -2.42. The summed E-state index contributed by atoms with van der Waals surface area (Å²) in [7, 11) is 0. The lowest BCUT2D eigenvalue weighted by molar-refractivity contribution is -0.122. The number of hydrogen-bond donors (Lipinski definition) is 1. The van der Waals surface area contributed by atoms with Crippen molar-refractivity contribution in [2.45, 2.75) is 32.2 Å². The third-order valence-electron chi connectivity index (χ3n) is 2.90. The van der Waals surface area contributed by atoms with Gasteiger partial charge in [0.2, 0.25) is 0 Å². The van der Waals surface area contributed by atoms with Gasteiger partial charge in [-0.05, 0) is 31.5 Å². The van der Waals surface area contributed by atoms with Crippen molar-refractivity contribution < 1.29 is 9.53 Å². The van der Waals surface area contributed by atoms with Crippen LogP contribution in [0, 0.1) is 0 Å². The maximum Gasteiger partial charge on any atom is 0.156 e. The van der Waals surface area contributed by atoms with E-state index in [1.807, 2.05) is 12.1 Å². The van der Waals surface area contributed by atoms with E-state index < -0.39 is 5.54 Å². The Bertz CT molecular complexity index is 463. The van der Waals surface area contributed by atoms with Crippen LogP contribution < -0.4 is 10.5 Å². The van der Waals surface area contributed by atoms with Crippen molar-refractivity contribution in [3.05, 3.63) is 27.7 Å². The number of benzene rings is 1. The molecule has 0 radical (unpaired) electrons. The van der Waals surface area contributed by atoms with Crippen LogP contribution in [0.3, 0.4) is 0 Å². The number of Topliss-reactive ketones (excluding diaryl/α,β-unsaturated/α-hetero) is 1. The van der Waals surface area contributed by atoms with Crippen molar-refractivity contribution in [3.63, 3.8) is 0 Å². The Morgan fingerprint density at radius 1 is 1.53 bits per heavy atom. The molecule has 1 aromatic rings. The molecule has 0 aromatic heterocycles. The molecule has 0 saturated carbocycles. The number of carbonyl (C=O) groups excluding carboxylic acids is 1. The van der Waals surface area contributed by atoms with Gasteiger partial charge in [0.25, 0.3) is 0 Å². The quantitative estimate of drug-likeness (QED) is 0.931. The predicted molar refractivity (Wildman–Crippen MR) is 70.3 cm³/mol. The summed E-state index contributed by atoms with van der Waals surface area (Å²) in [5.41, 5.74) is 7.10. The van der Waals surface area contributed by atoms with Crippen molar-refractivity contribution in [2.24, 2.45) is 5.73 Å². The van der Waals surface area contributed by atoms with Gasteiger partial charge in [-0.1, -0.05) is 15.9 Å². The first-order valence-corrected chi connectivity index (χ1v) is 6.43. The monoisotopic (exact) mass is 297 g/mol. The normalized spacial score (nSPS) is 14.4. The molecule has 0 atom stereocenters. The molecule has 4 heteroatoms. The summed E-state index contributed by atoms with van der Waals surface area (Å²) < 4.78 is 6.57. The first-order valence-electron chi connectivity index (χ1n) is 5.64. The van der Waals surface area contributed by atoms with Crippen LogP contribution in [0.4, 0.5) is 0 Å². The van der Waals surface area contributed by atoms with Crippen molar-refractivity contribution in [1.29, 1.82) is 0 Å². The highest BCUT2D eigenvalue weighted by Crippen LogP contribution is 2.33. The minimum absolute atomic E-state index is 0.0216. The van der Waals surface area contributed by atoms with Gasteiger partial charge in [0.1, 0.15) is 5.75 Å². The Morgan fingerprint density at radius 3 is 2.88 bits per heavy atom. The van der Waals surface area contributed by atoms with Crippen LogP contribution in [-0.4, -0.2) is 17.9 Å². The van der Waals surface area contributed by atoms with Crippen LogP contribution in [-0.2, 0) is 17.6 Å². The zero-order valence-corrected chi connectivity index (χ0v) is 11.6. The SMILES string of the molecule is CC(C)(N)C(=O)Cc1cc(Br)cc2c1OCC2. The molecule has 92 valence electrons. The van der Waals surface area contributed by atoms with E-state index in [0.717, 1.165) is 27.8 Å². The van der Waals surface area contributed by atoms with Crippen LogP contribution in [0.5, 0.6) is 5.75 Å². The third-order valence-corrected chi connectivity index (χ3v) is 3.35. The van der Waals surface area contributed by atoms with Crippen LogP contribution in [0.2, 0.25) is 0 Å². The standard InChI is InChI=1S/C13H16BrNO2/c1-13(2,15)11(16)7-9-6-10(14)5-8-3-4-17-12(8)9/h5-6H,3-4,7,15H2,1-2H3. The minimum Gasteiger partial charge on any atom is -0.493 e. The van der Waals surface area contributed by atoms with E-state index >= 15 is 0 Å². The second-order valence-corrected chi connectivity index (χ2v) is 5.89. The van der Waals surface area contributed by atoms with E-state index in [9.17, 15) is 4.79 Å². The number of ketones is 1. The molecule has 0 bridgehead atoms. The lowest BCUT2D eigenvalue weighted by Gasteiger charge is -2.17. The molecule has 1 aliphatic rings. The van der Waals surface area contributed by atoms with E-state index in [1.54, 1.807) is 13.8 Å². The number of halogens is 1. The van der Waals surface area contributed by atoms with Gasteiger partial charge >= 0.3 is 0 Å². The Labute approximate surface area is 109 Å². The summed E-state index contributed by atoms with van der Waals surface area (Å²) in [4.78, 5) is 11.9. The Hall–Kier alpha value is -0.870. The molecule has 0 saturated heterocycles. The van der Waals surface area contributed by atoms with Crippen LogP contribution >= 0.6 is 15.9 Å². The van der Waals surface area contributed by atoms with Gasteiger partial charge in [0, 0.05) is 22.9 Å². The summed E-state index contributed by atoms with van der Waals surface area (Å²) in [6.07, 6.45) is 1.23. The van der Waals surface area contributed by atoms with Crippen LogP contribution in [0.25, 0.3) is 0 Å². The first-order chi connectivity index (χ1) is 7.88. The van der Waals surface area contributed by atoms with Gasteiger partial charge in [-0.15, -0.1) is 0 Å². The molecule has 2 rings (SSSR count). The number of carbonyl (C=O) groups is 1. The molecule has 3 nitrogen and oxygen atoms in total. The fraction of sp³-hybridized carbons (Fsp3) is 0.462. The molecule has 1 aromatic carbocycles. The van der Waals surface area contributed by atoms with Gasteiger partial charge in [-0.3, -0.25) is 4.79 Å². The Kier molecular flexibility index (Phi) is 3.27. The van der Waals surface area contributed by atoms with Gasteiger partial charge in [-0.2, -0.15) is 0 Å². The summed E-state index contributed by atoms with van der Waals surface area (Å²) in [6, 6.07) is 3.98. The summed E-state index contributed by atoms with van der Waals surface area (Å²) in [5.74, 6) is 0.888. The lowest BCUT2D eigenvalue weighted by atomic mass is 9.93. The molecule has 17 heavy (non-hydrogen) atoms.